The first kappa shape index (κ1) is 17.6. The van der Waals surface area contributed by atoms with Crippen LogP contribution >= 0.6 is 0 Å². The highest BCUT2D eigenvalue weighted by molar-refractivity contribution is 5.72. The summed E-state index contributed by atoms with van der Waals surface area (Å²) in [4.78, 5) is 15.1. The van der Waals surface area contributed by atoms with E-state index >= 15 is 0 Å². The summed E-state index contributed by atoms with van der Waals surface area (Å²) in [6, 6.07) is 30.8. The summed E-state index contributed by atoms with van der Waals surface area (Å²) in [5.41, 5.74) is 2.53. The molecule has 0 radical (unpaired) electrons. The van der Waals surface area contributed by atoms with Crippen LogP contribution in [0.5, 0.6) is 0 Å². The minimum atomic E-state index is -0.690. The normalized spacial score (nSPS) is 11.6. The van der Waals surface area contributed by atoms with Gasteiger partial charge in [-0.05, 0) is 28.8 Å². The Hall–Kier alpha value is -3.79. The first-order valence-electron chi connectivity index (χ1n) is 9.06. The SMILES string of the molecule is O=C/C=C/c1ncn(C(c2ccccc2)(c2ccccc2)c2ccccc2)n1. The van der Waals surface area contributed by atoms with Crippen molar-refractivity contribution < 1.29 is 4.79 Å². The molecule has 4 heteroatoms. The second-order valence-electron chi connectivity index (χ2n) is 6.35. The number of allylic oxidation sites excluding steroid dienone is 1. The number of carbonyl (C=O) groups excluding carboxylic acids is 1. The zero-order chi connectivity index (χ0) is 19.2. The van der Waals surface area contributed by atoms with Crippen molar-refractivity contribution in [1.29, 1.82) is 0 Å². The fourth-order valence-corrected chi connectivity index (χ4v) is 3.57. The quantitative estimate of drug-likeness (QED) is 0.290. The lowest BCUT2D eigenvalue weighted by Gasteiger charge is -2.35. The number of aromatic nitrogens is 3. The predicted octanol–water partition coefficient (Wildman–Crippen LogP) is 4.33. The van der Waals surface area contributed by atoms with Crippen molar-refractivity contribution in [3.63, 3.8) is 0 Å². The summed E-state index contributed by atoms with van der Waals surface area (Å²) >= 11 is 0. The van der Waals surface area contributed by atoms with Gasteiger partial charge < -0.3 is 0 Å². The molecule has 0 unspecified atom stereocenters. The van der Waals surface area contributed by atoms with Crippen molar-refractivity contribution in [2.75, 3.05) is 0 Å². The van der Waals surface area contributed by atoms with E-state index in [0.717, 1.165) is 23.0 Å². The van der Waals surface area contributed by atoms with E-state index in [4.69, 9.17) is 5.10 Å². The van der Waals surface area contributed by atoms with Crippen LogP contribution in [0.15, 0.2) is 103 Å². The van der Waals surface area contributed by atoms with Crippen molar-refractivity contribution in [1.82, 2.24) is 14.8 Å². The van der Waals surface area contributed by atoms with E-state index < -0.39 is 5.54 Å². The van der Waals surface area contributed by atoms with Gasteiger partial charge in [0.1, 0.15) is 18.2 Å². The van der Waals surface area contributed by atoms with Crippen molar-refractivity contribution >= 4 is 12.4 Å². The van der Waals surface area contributed by atoms with E-state index in [1.54, 1.807) is 12.4 Å². The van der Waals surface area contributed by atoms with Gasteiger partial charge in [-0.25, -0.2) is 9.67 Å². The molecule has 0 fully saturated rings. The van der Waals surface area contributed by atoms with Crippen molar-refractivity contribution in [2.45, 2.75) is 5.54 Å². The summed E-state index contributed by atoms with van der Waals surface area (Å²) < 4.78 is 1.87. The molecule has 0 spiro atoms. The molecular formula is C24H19N3O. The van der Waals surface area contributed by atoms with Crippen LogP contribution < -0.4 is 0 Å². The van der Waals surface area contributed by atoms with Crippen LogP contribution in [0.25, 0.3) is 6.08 Å². The minimum absolute atomic E-state index is 0.485. The third-order valence-corrected chi connectivity index (χ3v) is 4.75. The van der Waals surface area contributed by atoms with Gasteiger partial charge in [0.25, 0.3) is 0 Å². The fourth-order valence-electron chi connectivity index (χ4n) is 3.57. The van der Waals surface area contributed by atoms with E-state index in [1.165, 1.54) is 6.08 Å². The number of rotatable bonds is 6. The van der Waals surface area contributed by atoms with E-state index in [0.29, 0.717) is 5.82 Å². The second-order valence-corrected chi connectivity index (χ2v) is 6.35. The maximum atomic E-state index is 10.7. The van der Waals surface area contributed by atoms with Gasteiger partial charge in [-0.3, -0.25) is 4.79 Å². The van der Waals surface area contributed by atoms with Gasteiger partial charge in [0.2, 0.25) is 0 Å². The fraction of sp³-hybridized carbons (Fsp3) is 0.0417. The Labute approximate surface area is 163 Å². The molecule has 4 aromatic rings. The molecule has 1 aromatic heterocycles. The standard InChI is InChI=1S/C24H19N3O/c28-18-10-17-23-25-19-27(26-23)24(20-11-4-1-5-12-20,21-13-6-2-7-14-21)22-15-8-3-9-16-22/h1-19H/b17-10+. The van der Waals surface area contributed by atoms with E-state index in [2.05, 4.69) is 41.4 Å². The molecule has 4 rings (SSSR count). The van der Waals surface area contributed by atoms with Gasteiger partial charge in [-0.1, -0.05) is 91.0 Å². The van der Waals surface area contributed by atoms with Crippen LogP contribution in [0.1, 0.15) is 22.5 Å². The molecule has 1 heterocycles. The van der Waals surface area contributed by atoms with Crippen molar-refractivity contribution in [2.24, 2.45) is 0 Å². The Morgan fingerprint density at radius 3 is 1.61 bits per heavy atom. The predicted molar refractivity (Wildman–Crippen MR) is 110 cm³/mol. The van der Waals surface area contributed by atoms with E-state index in [-0.39, 0.29) is 0 Å². The highest BCUT2D eigenvalue weighted by Gasteiger charge is 2.39. The van der Waals surface area contributed by atoms with Crippen LogP contribution in [-0.2, 0) is 10.3 Å². The highest BCUT2D eigenvalue weighted by Crippen LogP contribution is 2.40. The molecule has 0 N–H and O–H groups in total. The van der Waals surface area contributed by atoms with Gasteiger partial charge >= 0.3 is 0 Å². The lowest BCUT2D eigenvalue weighted by atomic mass is 9.77. The van der Waals surface area contributed by atoms with Crippen LogP contribution in [0.3, 0.4) is 0 Å². The summed E-state index contributed by atoms with van der Waals surface area (Å²) in [7, 11) is 0. The Morgan fingerprint density at radius 2 is 1.18 bits per heavy atom. The Bertz CT molecular complexity index is 974. The highest BCUT2D eigenvalue weighted by atomic mass is 16.1. The molecule has 136 valence electrons. The first-order valence-corrected chi connectivity index (χ1v) is 9.06. The molecule has 0 saturated carbocycles. The number of hydrogen-bond donors (Lipinski definition) is 0. The molecular weight excluding hydrogens is 346 g/mol. The number of hydrogen-bond acceptors (Lipinski definition) is 3. The molecule has 0 saturated heterocycles. The summed E-state index contributed by atoms with van der Waals surface area (Å²) in [5, 5.41) is 4.71. The number of nitrogens with zero attached hydrogens (tertiary/aromatic N) is 3. The zero-order valence-corrected chi connectivity index (χ0v) is 15.2. The topological polar surface area (TPSA) is 47.8 Å². The third kappa shape index (κ3) is 3.05. The molecule has 0 aliphatic rings. The summed E-state index contributed by atoms with van der Waals surface area (Å²) in [5.74, 6) is 0.485. The van der Waals surface area contributed by atoms with E-state index in [1.807, 2.05) is 59.3 Å². The smallest absolute Gasteiger partial charge is 0.173 e. The van der Waals surface area contributed by atoms with Gasteiger partial charge in [-0.15, -0.1) is 0 Å². The molecule has 0 aliphatic carbocycles. The molecule has 4 nitrogen and oxygen atoms in total. The lowest BCUT2D eigenvalue weighted by Crippen LogP contribution is -2.38. The zero-order valence-electron chi connectivity index (χ0n) is 15.2. The molecule has 0 amide bonds. The molecule has 0 aliphatic heterocycles. The van der Waals surface area contributed by atoms with Crippen molar-refractivity contribution in [3.8, 4) is 0 Å². The first-order chi connectivity index (χ1) is 13.9. The minimum Gasteiger partial charge on any atom is -0.299 e. The maximum absolute atomic E-state index is 10.7. The van der Waals surface area contributed by atoms with E-state index in [9.17, 15) is 4.79 Å². The van der Waals surface area contributed by atoms with Crippen LogP contribution in [0.4, 0.5) is 0 Å². The second kappa shape index (κ2) is 7.84. The average Bonchev–Trinajstić information content (AvgIpc) is 3.24. The summed E-state index contributed by atoms with van der Waals surface area (Å²) in [6.45, 7) is 0. The average molecular weight is 365 g/mol. The van der Waals surface area contributed by atoms with Gasteiger partial charge in [0.05, 0.1) is 0 Å². The maximum Gasteiger partial charge on any atom is 0.173 e. The van der Waals surface area contributed by atoms with Gasteiger partial charge in [-0.2, -0.15) is 5.10 Å². The Kier molecular flexibility index (Phi) is 4.93. The van der Waals surface area contributed by atoms with Crippen molar-refractivity contribution in [3.05, 3.63) is 126 Å². The number of aldehydes is 1. The Morgan fingerprint density at radius 1 is 0.714 bits per heavy atom. The molecule has 0 atom stereocenters. The third-order valence-electron chi connectivity index (χ3n) is 4.75. The summed E-state index contributed by atoms with van der Waals surface area (Å²) in [6.07, 6.45) is 5.45. The molecule has 28 heavy (non-hydrogen) atoms. The lowest BCUT2D eigenvalue weighted by molar-refractivity contribution is -0.104. The largest absolute Gasteiger partial charge is 0.299 e. The molecule has 0 bridgehead atoms. The van der Waals surface area contributed by atoms with Crippen LogP contribution in [0, 0.1) is 0 Å². The monoisotopic (exact) mass is 365 g/mol. The van der Waals surface area contributed by atoms with Crippen LogP contribution in [0.2, 0.25) is 0 Å². The van der Waals surface area contributed by atoms with Gasteiger partial charge in [0, 0.05) is 0 Å². The number of carbonyl (C=O) groups is 1. The molecule has 3 aromatic carbocycles. The van der Waals surface area contributed by atoms with Crippen LogP contribution in [-0.4, -0.2) is 21.1 Å². The number of benzene rings is 3. The van der Waals surface area contributed by atoms with Gasteiger partial charge in [0.15, 0.2) is 5.82 Å². The Balaban J connectivity index is 2.06.